The van der Waals surface area contributed by atoms with Gasteiger partial charge in [-0.3, -0.25) is 9.69 Å². The molecule has 0 bridgehead atoms. The number of thioether (sulfide) groups is 1. The van der Waals surface area contributed by atoms with E-state index in [1.807, 2.05) is 16.8 Å². The first-order valence-electron chi connectivity index (χ1n) is 12.6. The van der Waals surface area contributed by atoms with Gasteiger partial charge >= 0.3 is 0 Å². The van der Waals surface area contributed by atoms with Gasteiger partial charge in [-0.1, -0.05) is 61.4 Å². The third-order valence-corrected chi connectivity index (χ3v) is 7.79. The first-order valence-corrected chi connectivity index (χ1v) is 13.5. The van der Waals surface area contributed by atoms with Crippen molar-refractivity contribution in [1.82, 2.24) is 25.1 Å². The first kappa shape index (κ1) is 23.8. The molecule has 184 valence electrons. The van der Waals surface area contributed by atoms with E-state index in [-0.39, 0.29) is 11.7 Å². The fourth-order valence-corrected chi connectivity index (χ4v) is 5.67. The summed E-state index contributed by atoms with van der Waals surface area (Å²) in [4.78, 5) is 17.5. The first-order chi connectivity index (χ1) is 17.2. The minimum absolute atomic E-state index is 0.0459. The summed E-state index contributed by atoms with van der Waals surface area (Å²) in [5, 5.41) is 15.9. The third kappa shape index (κ3) is 6.41. The Morgan fingerprint density at radius 3 is 2.43 bits per heavy atom. The Hall–Kier alpha value is -2.91. The number of anilines is 2. The lowest BCUT2D eigenvalue weighted by Crippen LogP contribution is -2.45. The second-order valence-electron chi connectivity index (χ2n) is 9.33. The molecule has 1 saturated heterocycles. The summed E-state index contributed by atoms with van der Waals surface area (Å²) < 4.78 is 1.91. The zero-order valence-electron chi connectivity index (χ0n) is 20.1. The van der Waals surface area contributed by atoms with Crippen LogP contribution in [0.2, 0.25) is 0 Å². The van der Waals surface area contributed by atoms with Crippen LogP contribution in [0.3, 0.4) is 0 Å². The number of rotatable bonds is 8. The highest BCUT2D eigenvalue weighted by molar-refractivity contribution is 7.99. The molecule has 3 aromatic rings. The molecule has 1 aliphatic carbocycles. The van der Waals surface area contributed by atoms with E-state index < -0.39 is 0 Å². The second-order valence-corrected chi connectivity index (χ2v) is 10.3. The summed E-state index contributed by atoms with van der Waals surface area (Å²) >= 11 is 1.40. The molecule has 0 radical (unpaired) electrons. The van der Waals surface area contributed by atoms with E-state index in [4.69, 9.17) is 0 Å². The molecule has 8 nitrogen and oxygen atoms in total. The van der Waals surface area contributed by atoms with Crippen molar-refractivity contribution in [3.63, 3.8) is 0 Å². The molecule has 9 heteroatoms. The molecule has 1 aromatic heterocycles. The fraction of sp³-hybridized carbons (Fsp3) is 0.462. The number of carbonyl (C=O) groups excluding carboxylic acids is 1. The van der Waals surface area contributed by atoms with E-state index in [0.29, 0.717) is 6.04 Å². The summed E-state index contributed by atoms with van der Waals surface area (Å²) in [5.74, 6) is 0.244. The van der Waals surface area contributed by atoms with Gasteiger partial charge in [-0.15, -0.1) is 5.10 Å². The van der Waals surface area contributed by atoms with Crippen LogP contribution in [-0.4, -0.2) is 62.9 Å². The van der Waals surface area contributed by atoms with Crippen LogP contribution in [0.5, 0.6) is 0 Å². The van der Waals surface area contributed by atoms with Crippen molar-refractivity contribution in [3.8, 4) is 0 Å². The number of nitrogens with one attached hydrogen (secondary N) is 1. The average molecular weight is 492 g/mol. The van der Waals surface area contributed by atoms with Gasteiger partial charge in [0, 0.05) is 44.1 Å². The molecule has 0 spiro atoms. The number of benzene rings is 2. The van der Waals surface area contributed by atoms with Crippen LogP contribution < -0.4 is 10.2 Å². The Morgan fingerprint density at radius 2 is 1.69 bits per heavy atom. The second kappa shape index (κ2) is 11.7. The van der Waals surface area contributed by atoms with Gasteiger partial charge in [0.05, 0.1) is 11.8 Å². The summed E-state index contributed by atoms with van der Waals surface area (Å²) in [6.07, 6.45) is 5.94. The molecule has 2 aromatic carbocycles. The largest absolute Gasteiger partial charge is 0.369 e. The van der Waals surface area contributed by atoms with Gasteiger partial charge < -0.3 is 10.2 Å². The van der Waals surface area contributed by atoms with Crippen LogP contribution >= 0.6 is 11.8 Å². The normalized spacial score (nSPS) is 17.4. The molecule has 5 rings (SSSR count). The number of carbonyl (C=O) groups is 1. The molecule has 1 N–H and O–H groups in total. The Labute approximate surface area is 211 Å². The van der Waals surface area contributed by atoms with Gasteiger partial charge in [0.2, 0.25) is 11.1 Å². The van der Waals surface area contributed by atoms with Crippen molar-refractivity contribution in [3.05, 3.63) is 60.2 Å². The molecule has 1 aliphatic heterocycles. The summed E-state index contributed by atoms with van der Waals surface area (Å²) in [6.45, 7) is 5.11. The third-order valence-electron chi connectivity index (χ3n) is 6.85. The maximum Gasteiger partial charge on any atom is 0.234 e. The van der Waals surface area contributed by atoms with Crippen molar-refractivity contribution in [1.29, 1.82) is 0 Å². The van der Waals surface area contributed by atoms with Crippen molar-refractivity contribution < 1.29 is 4.79 Å². The Bertz CT molecular complexity index is 1070. The zero-order valence-corrected chi connectivity index (χ0v) is 20.9. The van der Waals surface area contributed by atoms with E-state index in [9.17, 15) is 4.79 Å². The lowest BCUT2D eigenvalue weighted by Gasteiger charge is -2.36. The molecule has 1 saturated carbocycles. The fourth-order valence-electron chi connectivity index (χ4n) is 4.92. The van der Waals surface area contributed by atoms with Crippen LogP contribution in [0.15, 0.2) is 59.8 Å². The molecule has 0 atom stereocenters. The van der Waals surface area contributed by atoms with Crippen molar-refractivity contribution in [2.45, 2.75) is 49.8 Å². The Kier molecular flexibility index (Phi) is 7.95. The maximum absolute atomic E-state index is 12.5. The predicted octanol–water partition coefficient (Wildman–Crippen LogP) is 4.23. The van der Waals surface area contributed by atoms with Gasteiger partial charge in [0.1, 0.15) is 0 Å². The molecular weight excluding hydrogens is 458 g/mol. The smallest absolute Gasteiger partial charge is 0.234 e. The van der Waals surface area contributed by atoms with Crippen LogP contribution in [0.4, 0.5) is 11.4 Å². The highest BCUT2D eigenvalue weighted by Crippen LogP contribution is 2.30. The van der Waals surface area contributed by atoms with Crippen molar-refractivity contribution >= 4 is 29.0 Å². The average Bonchev–Trinajstić information content (AvgIpc) is 3.38. The molecule has 2 fully saturated rings. The molecule has 1 amide bonds. The number of piperazine rings is 1. The number of tetrazole rings is 1. The molecule has 2 heterocycles. The predicted molar refractivity (Wildman–Crippen MR) is 140 cm³/mol. The standard InChI is InChI=1S/C26H33N7OS/c34-25(20-35-26-28-29-30-33(26)24-9-5-2-6-10-24)27-22-11-13-23(14-12-22)32-17-15-31(16-18-32)19-21-7-3-1-4-8-21/h1,3-4,7-8,11-14,24H,2,5-6,9-10,15-20H2,(H,27,34). The monoisotopic (exact) mass is 491 g/mol. The van der Waals surface area contributed by atoms with Gasteiger partial charge in [-0.25, -0.2) is 4.68 Å². The van der Waals surface area contributed by atoms with Crippen LogP contribution in [-0.2, 0) is 11.3 Å². The lowest BCUT2D eigenvalue weighted by molar-refractivity contribution is -0.113. The van der Waals surface area contributed by atoms with Crippen molar-refractivity contribution in [2.24, 2.45) is 0 Å². The number of hydrogen-bond donors (Lipinski definition) is 1. The molecule has 2 aliphatic rings. The lowest BCUT2D eigenvalue weighted by atomic mass is 9.96. The highest BCUT2D eigenvalue weighted by Gasteiger charge is 2.21. The van der Waals surface area contributed by atoms with Gasteiger partial charge in [-0.05, 0) is 53.1 Å². The Morgan fingerprint density at radius 1 is 0.943 bits per heavy atom. The zero-order chi connectivity index (χ0) is 23.9. The number of aromatic nitrogens is 4. The number of amides is 1. The van der Waals surface area contributed by atoms with Gasteiger partial charge in [0.15, 0.2) is 0 Å². The van der Waals surface area contributed by atoms with E-state index in [0.717, 1.165) is 56.4 Å². The molecule has 0 unspecified atom stereocenters. The van der Waals surface area contributed by atoms with Crippen LogP contribution in [0.25, 0.3) is 0 Å². The van der Waals surface area contributed by atoms with E-state index in [1.165, 1.54) is 42.3 Å². The van der Waals surface area contributed by atoms with E-state index in [2.05, 4.69) is 73.1 Å². The number of hydrogen-bond acceptors (Lipinski definition) is 7. The Balaban J connectivity index is 1.07. The topological polar surface area (TPSA) is 79.2 Å². The van der Waals surface area contributed by atoms with E-state index >= 15 is 0 Å². The molecular formula is C26H33N7OS. The van der Waals surface area contributed by atoms with Gasteiger partial charge in [0.25, 0.3) is 0 Å². The van der Waals surface area contributed by atoms with Crippen LogP contribution in [0, 0.1) is 0 Å². The summed E-state index contributed by atoms with van der Waals surface area (Å²) in [5.41, 5.74) is 3.38. The summed E-state index contributed by atoms with van der Waals surface area (Å²) in [7, 11) is 0. The van der Waals surface area contributed by atoms with Crippen LogP contribution in [0.1, 0.15) is 43.7 Å². The van der Waals surface area contributed by atoms with Crippen molar-refractivity contribution in [2.75, 3.05) is 42.1 Å². The maximum atomic E-state index is 12.5. The SMILES string of the molecule is O=C(CSc1nnnn1C1CCCCC1)Nc1ccc(N2CCN(Cc3ccccc3)CC2)cc1. The minimum Gasteiger partial charge on any atom is -0.369 e. The van der Waals surface area contributed by atoms with E-state index in [1.54, 1.807) is 0 Å². The summed E-state index contributed by atoms with van der Waals surface area (Å²) in [6, 6.07) is 19.2. The highest BCUT2D eigenvalue weighted by atomic mass is 32.2. The minimum atomic E-state index is -0.0459. The molecule has 35 heavy (non-hydrogen) atoms. The van der Waals surface area contributed by atoms with Gasteiger partial charge in [-0.2, -0.15) is 0 Å². The number of nitrogens with zero attached hydrogens (tertiary/aromatic N) is 6. The quantitative estimate of drug-likeness (QED) is 0.472.